The van der Waals surface area contributed by atoms with Crippen molar-refractivity contribution in [3.05, 3.63) is 53.7 Å². The lowest BCUT2D eigenvalue weighted by atomic mass is 10.1. The van der Waals surface area contributed by atoms with Gasteiger partial charge in [0, 0.05) is 17.5 Å². The molecule has 0 amide bonds. The molecule has 2 N–H and O–H groups in total. The molecule has 0 radical (unpaired) electrons. The van der Waals surface area contributed by atoms with E-state index in [1.165, 1.54) is 0 Å². The van der Waals surface area contributed by atoms with Gasteiger partial charge in [-0.25, -0.2) is 4.98 Å². The number of rotatable bonds is 6. The minimum Gasteiger partial charge on any atom is -0.494 e. The summed E-state index contributed by atoms with van der Waals surface area (Å²) >= 11 is 1.58. The van der Waals surface area contributed by atoms with E-state index < -0.39 is 0 Å². The Hall–Kier alpha value is -2.57. The van der Waals surface area contributed by atoms with Crippen LogP contribution in [0.15, 0.2) is 52.5 Å². The monoisotopic (exact) mass is 353 g/mol. The SMILES string of the molecule is CCCOc1ccc(-c2nc3scc(-c4ccco4)n3c2CN)cc1. The number of thiazole rings is 1. The van der Waals surface area contributed by atoms with Crippen molar-refractivity contribution in [2.24, 2.45) is 5.73 Å². The number of aromatic nitrogens is 2. The van der Waals surface area contributed by atoms with Crippen molar-refractivity contribution in [1.29, 1.82) is 0 Å². The van der Waals surface area contributed by atoms with E-state index in [1.54, 1.807) is 17.6 Å². The lowest BCUT2D eigenvalue weighted by Crippen LogP contribution is -2.03. The number of nitrogens with two attached hydrogens (primary N) is 1. The van der Waals surface area contributed by atoms with E-state index in [0.717, 1.165) is 52.1 Å². The first kappa shape index (κ1) is 15.9. The molecule has 0 saturated carbocycles. The Labute approximate surface area is 149 Å². The molecule has 1 aromatic carbocycles. The number of imidazole rings is 1. The van der Waals surface area contributed by atoms with Crippen molar-refractivity contribution in [1.82, 2.24) is 9.38 Å². The van der Waals surface area contributed by atoms with Gasteiger partial charge in [0.15, 0.2) is 10.7 Å². The first-order chi connectivity index (χ1) is 12.3. The molecule has 6 heteroatoms. The molecule has 0 saturated heterocycles. The molecular formula is C19H19N3O2S. The third-order valence-corrected chi connectivity index (χ3v) is 4.85. The standard InChI is InChI=1S/C19H19N3O2S/c1-2-9-23-14-7-5-13(6-8-14)18-15(11-20)22-16(12-25-19(22)21-18)17-4-3-10-24-17/h3-8,10,12H,2,9,11,20H2,1H3. The van der Waals surface area contributed by atoms with Crippen molar-refractivity contribution < 1.29 is 9.15 Å². The molecule has 3 heterocycles. The van der Waals surface area contributed by atoms with E-state index in [4.69, 9.17) is 19.9 Å². The van der Waals surface area contributed by atoms with Gasteiger partial charge in [0.05, 0.1) is 24.3 Å². The summed E-state index contributed by atoms with van der Waals surface area (Å²) in [6, 6.07) is 11.8. The van der Waals surface area contributed by atoms with E-state index in [2.05, 4.69) is 11.3 Å². The van der Waals surface area contributed by atoms with Crippen LogP contribution in [0.25, 0.3) is 27.7 Å². The summed E-state index contributed by atoms with van der Waals surface area (Å²) in [4.78, 5) is 5.71. The number of fused-ring (bicyclic) bond motifs is 1. The Morgan fingerprint density at radius 3 is 2.76 bits per heavy atom. The van der Waals surface area contributed by atoms with E-state index in [1.807, 2.05) is 41.8 Å². The number of furan rings is 1. The smallest absolute Gasteiger partial charge is 0.195 e. The molecule has 0 aliphatic heterocycles. The highest BCUT2D eigenvalue weighted by atomic mass is 32.1. The molecule has 0 spiro atoms. The highest BCUT2D eigenvalue weighted by Crippen LogP contribution is 2.33. The van der Waals surface area contributed by atoms with Gasteiger partial charge in [-0.2, -0.15) is 0 Å². The summed E-state index contributed by atoms with van der Waals surface area (Å²) in [6.45, 7) is 3.21. The molecule has 4 aromatic rings. The van der Waals surface area contributed by atoms with Crippen LogP contribution in [0.4, 0.5) is 0 Å². The number of benzene rings is 1. The van der Waals surface area contributed by atoms with Crippen molar-refractivity contribution >= 4 is 16.3 Å². The molecular weight excluding hydrogens is 334 g/mol. The Bertz CT molecular complexity index is 968. The van der Waals surface area contributed by atoms with Crippen LogP contribution in [0.1, 0.15) is 19.0 Å². The molecule has 0 aliphatic carbocycles. The van der Waals surface area contributed by atoms with Gasteiger partial charge >= 0.3 is 0 Å². The summed E-state index contributed by atoms with van der Waals surface area (Å²) in [7, 11) is 0. The average molecular weight is 353 g/mol. The van der Waals surface area contributed by atoms with E-state index in [9.17, 15) is 0 Å². The van der Waals surface area contributed by atoms with Crippen LogP contribution >= 0.6 is 11.3 Å². The first-order valence-corrected chi connectivity index (χ1v) is 9.15. The minimum atomic E-state index is 0.398. The van der Waals surface area contributed by atoms with Crippen molar-refractivity contribution in [2.75, 3.05) is 6.61 Å². The Kier molecular flexibility index (Phi) is 4.29. The van der Waals surface area contributed by atoms with Gasteiger partial charge in [0.1, 0.15) is 11.4 Å². The van der Waals surface area contributed by atoms with Crippen LogP contribution in [-0.4, -0.2) is 16.0 Å². The third-order valence-electron chi connectivity index (χ3n) is 4.03. The summed E-state index contributed by atoms with van der Waals surface area (Å²) in [6.07, 6.45) is 2.67. The molecule has 3 aromatic heterocycles. The van der Waals surface area contributed by atoms with E-state index in [-0.39, 0.29) is 0 Å². The quantitative estimate of drug-likeness (QED) is 0.551. The number of ether oxygens (including phenoxy) is 1. The highest BCUT2D eigenvalue weighted by molar-refractivity contribution is 7.15. The second kappa shape index (κ2) is 6.74. The zero-order valence-corrected chi connectivity index (χ0v) is 14.8. The zero-order chi connectivity index (χ0) is 17.2. The predicted molar refractivity (Wildman–Crippen MR) is 99.9 cm³/mol. The first-order valence-electron chi connectivity index (χ1n) is 8.27. The molecule has 5 nitrogen and oxygen atoms in total. The number of hydrogen-bond acceptors (Lipinski definition) is 5. The Morgan fingerprint density at radius 1 is 1.24 bits per heavy atom. The number of hydrogen-bond donors (Lipinski definition) is 1. The van der Waals surface area contributed by atoms with Crippen molar-refractivity contribution in [3.8, 4) is 28.5 Å². The molecule has 4 rings (SSSR count). The Balaban J connectivity index is 1.77. The molecule has 0 bridgehead atoms. The predicted octanol–water partition coefficient (Wildman–Crippen LogP) is 4.57. The fraction of sp³-hybridized carbons (Fsp3) is 0.211. The van der Waals surface area contributed by atoms with Crippen molar-refractivity contribution in [3.63, 3.8) is 0 Å². The maximum absolute atomic E-state index is 6.06. The number of nitrogens with zero attached hydrogens (tertiary/aromatic N) is 2. The molecule has 25 heavy (non-hydrogen) atoms. The maximum Gasteiger partial charge on any atom is 0.195 e. The van der Waals surface area contributed by atoms with E-state index in [0.29, 0.717) is 6.54 Å². The fourth-order valence-corrected chi connectivity index (χ4v) is 3.76. The van der Waals surface area contributed by atoms with Crippen molar-refractivity contribution in [2.45, 2.75) is 19.9 Å². The lowest BCUT2D eigenvalue weighted by Gasteiger charge is -2.06. The normalized spacial score (nSPS) is 11.3. The van der Waals surface area contributed by atoms with Gasteiger partial charge in [-0.15, -0.1) is 11.3 Å². The van der Waals surface area contributed by atoms with Gasteiger partial charge in [-0.1, -0.05) is 6.92 Å². The topological polar surface area (TPSA) is 65.7 Å². The zero-order valence-electron chi connectivity index (χ0n) is 13.9. The lowest BCUT2D eigenvalue weighted by molar-refractivity contribution is 0.317. The van der Waals surface area contributed by atoms with Crippen LogP contribution in [0.5, 0.6) is 5.75 Å². The largest absolute Gasteiger partial charge is 0.494 e. The summed E-state index contributed by atoms with van der Waals surface area (Å²) in [5.74, 6) is 1.69. The highest BCUT2D eigenvalue weighted by Gasteiger charge is 2.18. The van der Waals surface area contributed by atoms with Crippen LogP contribution in [0.2, 0.25) is 0 Å². The molecule has 0 atom stereocenters. The van der Waals surface area contributed by atoms with Crippen LogP contribution in [-0.2, 0) is 6.54 Å². The molecule has 0 aliphatic rings. The summed E-state index contributed by atoms with van der Waals surface area (Å²) in [5.41, 5.74) is 9.96. The third kappa shape index (κ3) is 2.83. The summed E-state index contributed by atoms with van der Waals surface area (Å²) < 4.78 is 13.3. The van der Waals surface area contributed by atoms with Crippen LogP contribution in [0, 0.1) is 0 Å². The molecule has 0 fully saturated rings. The van der Waals surface area contributed by atoms with E-state index >= 15 is 0 Å². The average Bonchev–Trinajstić information content (AvgIpc) is 3.36. The molecule has 128 valence electrons. The van der Waals surface area contributed by atoms with Crippen LogP contribution < -0.4 is 10.5 Å². The Morgan fingerprint density at radius 2 is 2.08 bits per heavy atom. The second-order valence-corrected chi connectivity index (χ2v) is 6.54. The van der Waals surface area contributed by atoms with Gasteiger partial charge in [-0.3, -0.25) is 4.40 Å². The van der Waals surface area contributed by atoms with Gasteiger partial charge in [-0.05, 0) is 42.8 Å². The van der Waals surface area contributed by atoms with Gasteiger partial charge in [0.25, 0.3) is 0 Å². The van der Waals surface area contributed by atoms with Gasteiger partial charge < -0.3 is 14.9 Å². The minimum absolute atomic E-state index is 0.398. The van der Waals surface area contributed by atoms with Crippen LogP contribution in [0.3, 0.4) is 0 Å². The fourth-order valence-electron chi connectivity index (χ4n) is 2.86. The second-order valence-electron chi connectivity index (χ2n) is 5.70. The van der Waals surface area contributed by atoms with Gasteiger partial charge in [0.2, 0.25) is 0 Å². The summed E-state index contributed by atoms with van der Waals surface area (Å²) in [5, 5.41) is 2.05. The maximum atomic E-state index is 6.06. The molecule has 0 unspecified atom stereocenters.